The number of aromatic nitrogens is 1. The maximum Gasteiger partial charge on any atom is 0.337 e. The molecule has 0 bridgehead atoms. The first-order valence-corrected chi connectivity index (χ1v) is 7.06. The second kappa shape index (κ2) is 7.56. The third-order valence-electron chi connectivity index (χ3n) is 3.44. The Morgan fingerprint density at radius 1 is 1.52 bits per heavy atom. The minimum Gasteiger partial charge on any atom is -0.478 e. The number of carbonyl (C=O) groups is 1. The summed E-state index contributed by atoms with van der Waals surface area (Å²) in [7, 11) is 0. The van der Waals surface area contributed by atoms with Gasteiger partial charge in [-0.1, -0.05) is 20.3 Å². The predicted octanol–water partition coefficient (Wildman–Crippen LogP) is 3.09. The zero-order valence-corrected chi connectivity index (χ0v) is 12.6. The summed E-state index contributed by atoms with van der Waals surface area (Å²) >= 11 is 0. The van der Waals surface area contributed by atoms with Crippen LogP contribution in [0.2, 0.25) is 0 Å². The highest BCUT2D eigenvalue weighted by Gasteiger charge is 2.25. The van der Waals surface area contributed by atoms with E-state index in [1.807, 2.05) is 25.7 Å². The Kier molecular flexibility index (Phi) is 6.08. The molecule has 0 saturated carbocycles. The number of nitrogens with zero attached hydrogens (tertiary/aromatic N) is 3. The second-order valence-corrected chi connectivity index (χ2v) is 4.93. The van der Waals surface area contributed by atoms with Crippen molar-refractivity contribution in [3.8, 4) is 0 Å². The van der Waals surface area contributed by atoms with E-state index in [0.29, 0.717) is 6.54 Å². The summed E-state index contributed by atoms with van der Waals surface area (Å²) in [5.41, 5.74) is -0.434. The maximum absolute atomic E-state index is 11.2. The predicted molar refractivity (Wildman–Crippen MR) is 79.9 cm³/mol. The Morgan fingerprint density at radius 3 is 2.67 bits per heavy atom. The summed E-state index contributed by atoms with van der Waals surface area (Å²) in [6, 6.07) is 1.17. The van der Waals surface area contributed by atoms with Crippen LogP contribution in [0.25, 0.3) is 0 Å². The molecular formula is C14H21N3O4. The summed E-state index contributed by atoms with van der Waals surface area (Å²) in [6.45, 7) is 6.68. The van der Waals surface area contributed by atoms with Crippen molar-refractivity contribution < 1.29 is 14.8 Å². The van der Waals surface area contributed by atoms with Gasteiger partial charge in [0.05, 0.1) is 10.5 Å². The third kappa shape index (κ3) is 4.14. The van der Waals surface area contributed by atoms with Crippen LogP contribution in [0.5, 0.6) is 0 Å². The first kappa shape index (κ1) is 16.9. The average molecular weight is 295 g/mol. The normalized spacial score (nSPS) is 12.0. The van der Waals surface area contributed by atoms with Gasteiger partial charge in [-0.15, -0.1) is 0 Å². The summed E-state index contributed by atoms with van der Waals surface area (Å²) in [4.78, 5) is 27.5. The SMILES string of the molecule is CCCCN(c1ncc(C(=O)O)cc1[N+](=O)[O-])C(C)CC. The molecule has 0 amide bonds. The molecule has 1 N–H and O–H groups in total. The van der Waals surface area contributed by atoms with Crippen LogP contribution in [0.3, 0.4) is 0 Å². The lowest BCUT2D eigenvalue weighted by molar-refractivity contribution is -0.384. The molecule has 0 aliphatic rings. The molecular weight excluding hydrogens is 274 g/mol. The molecule has 21 heavy (non-hydrogen) atoms. The molecule has 0 aromatic carbocycles. The molecule has 1 atom stereocenters. The van der Waals surface area contributed by atoms with Crippen molar-refractivity contribution >= 4 is 17.5 Å². The van der Waals surface area contributed by atoms with E-state index < -0.39 is 10.9 Å². The van der Waals surface area contributed by atoms with Crippen LogP contribution in [0.15, 0.2) is 12.3 Å². The van der Waals surface area contributed by atoms with Crippen LogP contribution in [0.1, 0.15) is 50.4 Å². The van der Waals surface area contributed by atoms with Gasteiger partial charge in [-0.3, -0.25) is 10.1 Å². The van der Waals surface area contributed by atoms with E-state index in [1.165, 1.54) is 6.20 Å². The van der Waals surface area contributed by atoms with Crippen LogP contribution in [0, 0.1) is 10.1 Å². The van der Waals surface area contributed by atoms with E-state index >= 15 is 0 Å². The van der Waals surface area contributed by atoms with Crippen LogP contribution >= 0.6 is 0 Å². The minimum atomic E-state index is -1.22. The van der Waals surface area contributed by atoms with Crippen molar-refractivity contribution in [2.75, 3.05) is 11.4 Å². The van der Waals surface area contributed by atoms with E-state index in [0.717, 1.165) is 25.3 Å². The molecule has 0 radical (unpaired) electrons. The van der Waals surface area contributed by atoms with Crippen LogP contribution < -0.4 is 4.90 Å². The van der Waals surface area contributed by atoms with Crippen LogP contribution in [0.4, 0.5) is 11.5 Å². The van der Waals surface area contributed by atoms with Gasteiger partial charge < -0.3 is 10.0 Å². The number of rotatable bonds is 8. The number of anilines is 1. The van der Waals surface area contributed by atoms with E-state index in [-0.39, 0.29) is 23.1 Å². The fourth-order valence-electron chi connectivity index (χ4n) is 2.00. The number of hydrogen-bond donors (Lipinski definition) is 1. The smallest absolute Gasteiger partial charge is 0.337 e. The third-order valence-corrected chi connectivity index (χ3v) is 3.44. The summed E-state index contributed by atoms with van der Waals surface area (Å²) in [5, 5.41) is 20.2. The summed E-state index contributed by atoms with van der Waals surface area (Å²) in [5.74, 6) is -0.978. The first-order valence-electron chi connectivity index (χ1n) is 7.06. The quantitative estimate of drug-likeness (QED) is 0.584. The van der Waals surface area contributed by atoms with E-state index in [9.17, 15) is 14.9 Å². The number of unbranched alkanes of at least 4 members (excludes halogenated alkanes) is 1. The van der Waals surface area contributed by atoms with Crippen molar-refractivity contribution in [3.05, 3.63) is 27.9 Å². The zero-order chi connectivity index (χ0) is 16.0. The standard InChI is InChI=1S/C14H21N3O4/c1-4-6-7-16(10(3)5-2)13-12(17(20)21)8-11(9-15-13)14(18)19/h8-10H,4-7H2,1-3H3,(H,18,19). The number of hydrogen-bond acceptors (Lipinski definition) is 5. The number of aromatic carboxylic acids is 1. The Labute approximate surface area is 123 Å². The highest BCUT2D eigenvalue weighted by Crippen LogP contribution is 2.29. The van der Waals surface area contributed by atoms with Gasteiger partial charge in [0.2, 0.25) is 5.82 Å². The van der Waals surface area contributed by atoms with Gasteiger partial charge in [0.25, 0.3) is 0 Å². The Balaban J connectivity index is 3.28. The fraction of sp³-hybridized carbons (Fsp3) is 0.571. The molecule has 1 aromatic heterocycles. The van der Waals surface area contributed by atoms with Gasteiger partial charge >= 0.3 is 11.7 Å². The molecule has 1 aromatic rings. The van der Waals surface area contributed by atoms with Gasteiger partial charge in [0.15, 0.2) is 0 Å². The van der Waals surface area contributed by atoms with Crippen molar-refractivity contribution in [1.29, 1.82) is 0 Å². The molecule has 116 valence electrons. The molecule has 1 rings (SSSR count). The van der Waals surface area contributed by atoms with Crippen molar-refractivity contribution in [1.82, 2.24) is 4.98 Å². The van der Waals surface area contributed by atoms with E-state index in [4.69, 9.17) is 5.11 Å². The molecule has 0 fully saturated rings. The molecule has 7 nitrogen and oxygen atoms in total. The zero-order valence-electron chi connectivity index (χ0n) is 12.6. The lowest BCUT2D eigenvalue weighted by atomic mass is 10.1. The van der Waals surface area contributed by atoms with E-state index in [2.05, 4.69) is 4.98 Å². The van der Waals surface area contributed by atoms with Gasteiger partial charge in [0, 0.05) is 24.8 Å². The molecule has 7 heteroatoms. The van der Waals surface area contributed by atoms with Gasteiger partial charge in [0.1, 0.15) is 0 Å². The molecule has 1 unspecified atom stereocenters. The van der Waals surface area contributed by atoms with Gasteiger partial charge in [-0.2, -0.15) is 0 Å². The topological polar surface area (TPSA) is 96.6 Å². The van der Waals surface area contributed by atoms with Crippen molar-refractivity contribution in [2.45, 2.75) is 46.1 Å². The molecule has 1 heterocycles. The number of carboxylic acid groups (broad SMARTS) is 1. The summed E-state index contributed by atoms with van der Waals surface area (Å²) < 4.78 is 0. The van der Waals surface area contributed by atoms with Crippen LogP contribution in [-0.4, -0.2) is 33.6 Å². The first-order chi connectivity index (χ1) is 9.92. The maximum atomic E-state index is 11.2. The largest absolute Gasteiger partial charge is 0.478 e. The lowest BCUT2D eigenvalue weighted by Crippen LogP contribution is -2.34. The van der Waals surface area contributed by atoms with Gasteiger partial charge in [-0.05, 0) is 19.8 Å². The number of nitro groups is 1. The molecule has 0 saturated heterocycles. The second-order valence-electron chi connectivity index (χ2n) is 4.93. The number of carboxylic acids is 1. The average Bonchev–Trinajstić information content (AvgIpc) is 2.46. The number of pyridine rings is 1. The summed E-state index contributed by atoms with van der Waals surface area (Å²) in [6.07, 6.45) is 3.85. The minimum absolute atomic E-state index is 0.0958. The fourth-order valence-corrected chi connectivity index (χ4v) is 2.00. The molecule has 0 aliphatic heterocycles. The highest BCUT2D eigenvalue weighted by atomic mass is 16.6. The van der Waals surface area contributed by atoms with Crippen molar-refractivity contribution in [3.63, 3.8) is 0 Å². The van der Waals surface area contributed by atoms with Crippen molar-refractivity contribution in [2.24, 2.45) is 0 Å². The Bertz CT molecular complexity index is 519. The molecule has 0 spiro atoms. The monoisotopic (exact) mass is 295 g/mol. The van der Waals surface area contributed by atoms with Crippen LogP contribution in [-0.2, 0) is 0 Å². The highest BCUT2D eigenvalue weighted by molar-refractivity contribution is 5.88. The lowest BCUT2D eigenvalue weighted by Gasteiger charge is -2.29. The molecule has 0 aliphatic carbocycles. The Hall–Kier alpha value is -2.18. The van der Waals surface area contributed by atoms with Gasteiger partial charge in [-0.25, -0.2) is 9.78 Å². The van der Waals surface area contributed by atoms with E-state index in [1.54, 1.807) is 0 Å². The Morgan fingerprint density at radius 2 is 2.19 bits per heavy atom.